The van der Waals surface area contributed by atoms with Crippen molar-refractivity contribution in [2.24, 2.45) is 0 Å². The molecule has 1 aliphatic heterocycles. The first-order valence-electron chi connectivity index (χ1n) is 12.9. The van der Waals surface area contributed by atoms with Crippen molar-refractivity contribution in [2.45, 2.75) is 46.6 Å². The van der Waals surface area contributed by atoms with Gasteiger partial charge in [-0.2, -0.15) is 0 Å². The molecule has 186 valence electrons. The van der Waals surface area contributed by atoms with E-state index in [2.05, 4.69) is 95.8 Å². The average Bonchev–Trinajstić information content (AvgIpc) is 3.29. The minimum atomic E-state index is 0.728. The molecule has 1 aliphatic rings. The number of halogens is 1. The largest absolute Gasteiger partial charge is 0.345 e. The normalized spacial score (nSPS) is 13.1. The van der Waals surface area contributed by atoms with Gasteiger partial charge in [-0.3, -0.25) is 4.40 Å². The van der Waals surface area contributed by atoms with Gasteiger partial charge in [0.05, 0.1) is 11.4 Å². The molecule has 0 amide bonds. The van der Waals surface area contributed by atoms with E-state index in [0.717, 1.165) is 52.8 Å². The first-order valence-corrected chi connectivity index (χ1v) is 13.7. The monoisotopic (exact) mass is 523 g/mol. The quantitative estimate of drug-likeness (QED) is 0.238. The van der Waals surface area contributed by atoms with Gasteiger partial charge in [0.25, 0.3) is 0 Å². The van der Waals surface area contributed by atoms with Gasteiger partial charge in [0.1, 0.15) is 10.6 Å². The minimum absolute atomic E-state index is 0.728. The summed E-state index contributed by atoms with van der Waals surface area (Å²) in [6.07, 6.45) is 5.59. The summed E-state index contributed by atoms with van der Waals surface area (Å²) in [5.41, 5.74) is 13.2. The van der Waals surface area contributed by atoms with E-state index in [-0.39, 0.29) is 0 Å². The van der Waals surface area contributed by atoms with Crippen molar-refractivity contribution in [3.63, 3.8) is 0 Å². The van der Waals surface area contributed by atoms with Gasteiger partial charge in [0, 0.05) is 34.6 Å². The van der Waals surface area contributed by atoms with Crippen LogP contribution in [0.3, 0.4) is 0 Å². The fraction of sp³-hybridized carbons (Fsp3) is 0.219. The van der Waals surface area contributed by atoms with Crippen LogP contribution < -0.4 is 5.32 Å². The smallest absolute Gasteiger partial charge is 0.128 e. The number of aryl methyl sites for hydroxylation is 5. The fourth-order valence-electron chi connectivity index (χ4n) is 5.63. The first-order chi connectivity index (χ1) is 17.9. The Morgan fingerprint density at radius 2 is 1.57 bits per heavy atom. The number of thiocarbonyl (C=S) groups is 1. The van der Waals surface area contributed by atoms with Gasteiger partial charge in [-0.25, -0.2) is 0 Å². The van der Waals surface area contributed by atoms with Crippen LogP contribution in [-0.2, 0) is 13.0 Å². The van der Waals surface area contributed by atoms with Crippen LogP contribution in [-0.4, -0.2) is 14.0 Å². The van der Waals surface area contributed by atoms with Crippen LogP contribution in [0.4, 0.5) is 5.69 Å². The van der Waals surface area contributed by atoms with Crippen molar-refractivity contribution >= 4 is 40.1 Å². The number of hydrogen-bond acceptors (Lipinski definition) is 1. The summed E-state index contributed by atoms with van der Waals surface area (Å²) in [4.78, 5) is 0.728. The molecule has 0 atom stereocenters. The molecule has 3 heterocycles. The van der Waals surface area contributed by atoms with Crippen molar-refractivity contribution in [3.05, 3.63) is 106 Å². The second-order valence-corrected chi connectivity index (χ2v) is 11.0. The zero-order chi connectivity index (χ0) is 25.7. The van der Waals surface area contributed by atoms with Crippen LogP contribution in [0.1, 0.15) is 40.8 Å². The van der Waals surface area contributed by atoms with Gasteiger partial charge in [0.2, 0.25) is 0 Å². The molecular weight excluding hydrogens is 494 g/mol. The van der Waals surface area contributed by atoms with Gasteiger partial charge < -0.3 is 9.88 Å². The molecular formula is C32H30ClN3S. The van der Waals surface area contributed by atoms with E-state index in [9.17, 15) is 0 Å². The predicted octanol–water partition coefficient (Wildman–Crippen LogP) is 8.78. The molecule has 0 saturated heterocycles. The summed E-state index contributed by atoms with van der Waals surface area (Å²) >= 11 is 12.5. The molecule has 0 spiro atoms. The molecule has 37 heavy (non-hydrogen) atoms. The molecule has 6 rings (SSSR count). The van der Waals surface area contributed by atoms with Crippen LogP contribution in [0.25, 0.3) is 28.0 Å². The Morgan fingerprint density at radius 1 is 0.865 bits per heavy atom. The van der Waals surface area contributed by atoms with Crippen molar-refractivity contribution < 1.29 is 0 Å². The van der Waals surface area contributed by atoms with Crippen molar-refractivity contribution in [1.82, 2.24) is 8.97 Å². The molecule has 1 N–H and O–H groups in total. The number of anilines is 1. The highest BCUT2D eigenvalue weighted by Crippen LogP contribution is 2.40. The van der Waals surface area contributed by atoms with Gasteiger partial charge in [-0.1, -0.05) is 83.5 Å². The first kappa shape index (κ1) is 24.0. The fourth-order valence-corrected chi connectivity index (χ4v) is 6.06. The van der Waals surface area contributed by atoms with Crippen LogP contribution in [0.5, 0.6) is 0 Å². The Kier molecular flexibility index (Phi) is 6.18. The van der Waals surface area contributed by atoms with E-state index < -0.39 is 0 Å². The third kappa shape index (κ3) is 4.28. The second-order valence-electron chi connectivity index (χ2n) is 10.2. The molecule has 0 bridgehead atoms. The molecule has 0 radical (unpaired) electrons. The molecule has 3 aromatic carbocycles. The van der Waals surface area contributed by atoms with E-state index in [1.54, 1.807) is 0 Å². The summed E-state index contributed by atoms with van der Waals surface area (Å²) < 4.78 is 4.83. The van der Waals surface area contributed by atoms with Crippen molar-refractivity contribution in [3.8, 4) is 22.4 Å². The number of rotatable bonds is 4. The van der Waals surface area contributed by atoms with E-state index in [1.165, 1.54) is 44.7 Å². The average molecular weight is 524 g/mol. The summed E-state index contributed by atoms with van der Waals surface area (Å²) in [5, 5.41) is 4.33. The number of nitrogens with zero attached hydrogens (tertiary/aromatic N) is 2. The summed E-state index contributed by atoms with van der Waals surface area (Å²) in [5.74, 6) is 0. The molecule has 0 fully saturated rings. The zero-order valence-electron chi connectivity index (χ0n) is 21.4. The molecule has 0 unspecified atom stereocenters. The maximum absolute atomic E-state index is 6.28. The lowest BCUT2D eigenvalue weighted by Gasteiger charge is -2.14. The molecule has 5 heteroatoms. The lowest BCUT2D eigenvalue weighted by Crippen LogP contribution is -2.15. The molecule has 0 aliphatic carbocycles. The van der Waals surface area contributed by atoms with E-state index in [0.29, 0.717) is 0 Å². The molecule has 0 saturated carbocycles. The number of hydrogen-bond donors (Lipinski definition) is 1. The zero-order valence-corrected chi connectivity index (χ0v) is 23.0. The molecule has 5 aromatic rings. The second kappa shape index (κ2) is 9.51. The van der Waals surface area contributed by atoms with Gasteiger partial charge >= 0.3 is 0 Å². The number of benzene rings is 3. The number of aromatic nitrogens is 2. The van der Waals surface area contributed by atoms with E-state index in [1.807, 2.05) is 12.1 Å². The van der Waals surface area contributed by atoms with Crippen LogP contribution in [0.2, 0.25) is 5.02 Å². The number of nitrogens with one attached hydrogen (secondary N) is 1. The lowest BCUT2D eigenvalue weighted by molar-refractivity contribution is 0.647. The third-order valence-electron chi connectivity index (χ3n) is 7.46. The topological polar surface area (TPSA) is 21.4 Å². The summed E-state index contributed by atoms with van der Waals surface area (Å²) in [6.45, 7) is 7.37. The van der Waals surface area contributed by atoms with Crippen LogP contribution in [0, 0.1) is 20.8 Å². The SMILES string of the molecule is Cc1ccc(-c2cn3c(C(=S)Nc4ccc(C)cc4C)c(-c4ccc(Cl)cc4)c4c3n2CCCC4)cc1. The summed E-state index contributed by atoms with van der Waals surface area (Å²) in [7, 11) is 0. The standard InChI is InChI=1S/C32H30ClN3S/c1-20-7-10-23(11-8-20)28-19-36-30(31(37)34-27-16-9-21(2)18-22(27)3)29(24-12-14-25(33)15-13-24)26-6-4-5-17-35(28)32(26)36/h7-16,18-19H,4-6,17H2,1-3H3,(H,34,37). The Bertz CT molecular complexity index is 1640. The molecule has 3 nitrogen and oxygen atoms in total. The van der Waals surface area contributed by atoms with Gasteiger partial charge in [-0.05, 0) is 74.9 Å². The Balaban J connectivity index is 1.60. The highest BCUT2D eigenvalue weighted by molar-refractivity contribution is 7.81. The highest BCUT2D eigenvalue weighted by Gasteiger charge is 2.28. The maximum Gasteiger partial charge on any atom is 0.128 e. The third-order valence-corrected chi connectivity index (χ3v) is 8.01. The maximum atomic E-state index is 6.28. The highest BCUT2D eigenvalue weighted by atomic mass is 35.5. The predicted molar refractivity (Wildman–Crippen MR) is 160 cm³/mol. The van der Waals surface area contributed by atoms with E-state index >= 15 is 0 Å². The Labute approximate surface area is 228 Å². The van der Waals surface area contributed by atoms with Crippen molar-refractivity contribution in [1.29, 1.82) is 0 Å². The van der Waals surface area contributed by atoms with Crippen LogP contribution in [0.15, 0.2) is 72.9 Å². The minimum Gasteiger partial charge on any atom is -0.345 e. The van der Waals surface area contributed by atoms with Gasteiger partial charge in [0.15, 0.2) is 0 Å². The van der Waals surface area contributed by atoms with Gasteiger partial charge in [-0.15, -0.1) is 0 Å². The Hall–Kier alpha value is -3.34. The lowest BCUT2D eigenvalue weighted by atomic mass is 9.98. The van der Waals surface area contributed by atoms with Crippen molar-refractivity contribution in [2.75, 3.05) is 5.32 Å². The summed E-state index contributed by atoms with van der Waals surface area (Å²) in [6, 6.07) is 23.4. The van der Waals surface area contributed by atoms with Crippen LogP contribution >= 0.6 is 23.8 Å². The number of imidazole rings is 1. The Morgan fingerprint density at radius 3 is 2.30 bits per heavy atom. The van der Waals surface area contributed by atoms with E-state index in [4.69, 9.17) is 23.8 Å². The molecule has 2 aromatic heterocycles.